The first-order chi connectivity index (χ1) is 12.3. The molecule has 0 radical (unpaired) electrons. The average molecular weight is 375 g/mol. The van der Waals surface area contributed by atoms with Crippen molar-refractivity contribution in [2.45, 2.75) is 50.9 Å². The van der Waals surface area contributed by atoms with E-state index in [1.54, 1.807) is 0 Å². The van der Waals surface area contributed by atoms with Crippen LogP contribution in [-0.2, 0) is 0 Å². The van der Waals surface area contributed by atoms with Crippen LogP contribution in [0.4, 0.5) is 17.6 Å². The van der Waals surface area contributed by atoms with Crippen LogP contribution in [0.2, 0.25) is 0 Å². The van der Waals surface area contributed by atoms with E-state index in [0.29, 0.717) is 30.9 Å². The van der Waals surface area contributed by atoms with E-state index in [1.165, 1.54) is 24.3 Å². The molecule has 1 aromatic rings. The van der Waals surface area contributed by atoms with Gasteiger partial charge >= 0.3 is 6.18 Å². The number of hydrogen-bond donors (Lipinski definition) is 3. The van der Waals surface area contributed by atoms with Gasteiger partial charge in [0.1, 0.15) is 5.82 Å². The van der Waals surface area contributed by atoms with E-state index in [4.69, 9.17) is 0 Å². The van der Waals surface area contributed by atoms with Gasteiger partial charge < -0.3 is 15.7 Å². The summed E-state index contributed by atoms with van der Waals surface area (Å²) in [7, 11) is 0. The Morgan fingerprint density at radius 3 is 2.35 bits per heavy atom. The molecule has 3 N–H and O–H groups in total. The lowest BCUT2D eigenvalue weighted by molar-refractivity contribution is -0.182. The summed E-state index contributed by atoms with van der Waals surface area (Å²) in [5.74, 6) is -1.14. The van der Waals surface area contributed by atoms with Crippen LogP contribution in [0.1, 0.15) is 44.3 Å². The van der Waals surface area contributed by atoms with Crippen molar-refractivity contribution < 1.29 is 22.7 Å². The maximum atomic E-state index is 12.9. The van der Waals surface area contributed by atoms with E-state index < -0.39 is 18.2 Å². The molecule has 26 heavy (non-hydrogen) atoms. The molecule has 1 aliphatic carbocycles. The van der Waals surface area contributed by atoms with Crippen molar-refractivity contribution in [2.24, 2.45) is 10.9 Å². The second kappa shape index (κ2) is 9.21. The van der Waals surface area contributed by atoms with Crippen LogP contribution in [0.5, 0.6) is 0 Å². The lowest BCUT2D eigenvalue weighted by Crippen LogP contribution is -2.46. The number of hydrogen-bond acceptors (Lipinski definition) is 2. The number of rotatable bonds is 5. The molecule has 1 fully saturated rings. The molecule has 2 rings (SSSR count). The van der Waals surface area contributed by atoms with Gasteiger partial charge in [-0.25, -0.2) is 4.39 Å². The minimum Gasteiger partial charge on any atom is -0.386 e. The first-order valence-electron chi connectivity index (χ1n) is 8.84. The standard InChI is InChI=1S/C18H25F4N3O/c1-2-23-17(24-11-16(26)12-3-7-14(19)8-4-12)25-15-9-5-13(6-10-15)18(20,21)22/h3-4,7-8,13,15-16,26H,2,5-6,9-11H2,1H3,(H2,23,24,25). The van der Waals surface area contributed by atoms with Crippen molar-refractivity contribution in [1.29, 1.82) is 0 Å². The second-order valence-electron chi connectivity index (χ2n) is 6.52. The highest BCUT2D eigenvalue weighted by atomic mass is 19.4. The van der Waals surface area contributed by atoms with Crippen molar-refractivity contribution in [3.8, 4) is 0 Å². The fourth-order valence-corrected chi connectivity index (χ4v) is 3.05. The third-order valence-corrected chi connectivity index (χ3v) is 4.55. The number of alkyl halides is 3. The summed E-state index contributed by atoms with van der Waals surface area (Å²) in [5, 5.41) is 16.3. The van der Waals surface area contributed by atoms with Crippen LogP contribution in [0, 0.1) is 11.7 Å². The first-order valence-corrected chi connectivity index (χ1v) is 8.84. The third-order valence-electron chi connectivity index (χ3n) is 4.55. The number of aliphatic hydroxyl groups excluding tert-OH is 1. The first kappa shape index (κ1) is 20.5. The Hall–Kier alpha value is -1.83. The number of nitrogens with one attached hydrogen (secondary N) is 2. The molecule has 146 valence electrons. The predicted molar refractivity (Wildman–Crippen MR) is 92.3 cm³/mol. The number of aliphatic imine (C=N–C) groups is 1. The van der Waals surface area contributed by atoms with Crippen molar-refractivity contribution in [3.63, 3.8) is 0 Å². The minimum absolute atomic E-state index is 0.0683. The van der Waals surface area contributed by atoms with E-state index >= 15 is 0 Å². The molecule has 0 bridgehead atoms. The molecule has 1 atom stereocenters. The number of nitrogens with zero attached hydrogens (tertiary/aromatic N) is 1. The Balaban J connectivity index is 1.89. The molecule has 0 saturated heterocycles. The van der Waals surface area contributed by atoms with Crippen molar-refractivity contribution in [2.75, 3.05) is 13.1 Å². The minimum atomic E-state index is -4.12. The van der Waals surface area contributed by atoms with E-state index in [2.05, 4.69) is 15.6 Å². The Morgan fingerprint density at radius 2 is 1.81 bits per heavy atom. The van der Waals surface area contributed by atoms with Crippen LogP contribution in [0.3, 0.4) is 0 Å². The van der Waals surface area contributed by atoms with Crippen molar-refractivity contribution in [3.05, 3.63) is 35.6 Å². The van der Waals surface area contributed by atoms with Gasteiger partial charge in [-0.2, -0.15) is 13.2 Å². The van der Waals surface area contributed by atoms with E-state index in [-0.39, 0.29) is 31.2 Å². The Morgan fingerprint density at radius 1 is 1.19 bits per heavy atom. The summed E-state index contributed by atoms with van der Waals surface area (Å²) in [4.78, 5) is 4.30. The maximum Gasteiger partial charge on any atom is 0.391 e. The highest BCUT2D eigenvalue weighted by Crippen LogP contribution is 2.37. The molecule has 4 nitrogen and oxygen atoms in total. The lowest BCUT2D eigenvalue weighted by atomic mass is 9.85. The number of halogens is 4. The largest absolute Gasteiger partial charge is 0.391 e. The Bertz CT molecular complexity index is 581. The van der Waals surface area contributed by atoms with E-state index in [9.17, 15) is 22.7 Å². The number of benzene rings is 1. The Kier molecular flexibility index (Phi) is 7.25. The molecule has 1 aromatic carbocycles. The van der Waals surface area contributed by atoms with Gasteiger partial charge in [0.05, 0.1) is 18.6 Å². The van der Waals surface area contributed by atoms with Crippen LogP contribution in [0.15, 0.2) is 29.3 Å². The molecule has 0 aromatic heterocycles. The third kappa shape index (κ3) is 6.16. The number of guanidine groups is 1. The predicted octanol–water partition coefficient (Wildman–Crippen LogP) is 3.54. The van der Waals surface area contributed by atoms with Gasteiger partial charge in [-0.1, -0.05) is 12.1 Å². The topological polar surface area (TPSA) is 56.7 Å². The molecule has 0 heterocycles. The summed E-state index contributed by atoms with van der Waals surface area (Å²) < 4.78 is 51.1. The summed E-state index contributed by atoms with van der Waals surface area (Å²) in [6, 6.07) is 5.45. The zero-order chi connectivity index (χ0) is 19.2. The fraction of sp³-hybridized carbons (Fsp3) is 0.611. The van der Waals surface area contributed by atoms with E-state index in [1.807, 2.05) is 6.92 Å². The zero-order valence-electron chi connectivity index (χ0n) is 14.7. The highest BCUT2D eigenvalue weighted by molar-refractivity contribution is 5.80. The Labute approximate surface area is 150 Å². The van der Waals surface area contributed by atoms with E-state index in [0.717, 1.165) is 0 Å². The summed E-state index contributed by atoms with van der Waals surface area (Å²) in [6.45, 7) is 2.55. The van der Waals surface area contributed by atoms with Gasteiger partial charge in [0.25, 0.3) is 0 Å². The van der Waals surface area contributed by atoms with Gasteiger partial charge in [0.2, 0.25) is 0 Å². The van der Waals surface area contributed by atoms with Crippen LogP contribution in [-0.4, -0.2) is 36.4 Å². The van der Waals surface area contributed by atoms with Crippen LogP contribution >= 0.6 is 0 Å². The number of aliphatic hydroxyl groups is 1. The lowest BCUT2D eigenvalue weighted by Gasteiger charge is -2.31. The van der Waals surface area contributed by atoms with Gasteiger partial charge in [0, 0.05) is 12.6 Å². The fourth-order valence-electron chi connectivity index (χ4n) is 3.05. The van der Waals surface area contributed by atoms with Crippen molar-refractivity contribution in [1.82, 2.24) is 10.6 Å². The molecular formula is C18H25F4N3O. The quantitative estimate of drug-likeness (QED) is 0.419. The average Bonchev–Trinajstić information content (AvgIpc) is 2.60. The summed E-state index contributed by atoms with van der Waals surface area (Å²) in [5.41, 5.74) is 0.552. The molecule has 8 heteroatoms. The maximum absolute atomic E-state index is 12.9. The van der Waals surface area contributed by atoms with Crippen molar-refractivity contribution >= 4 is 5.96 Å². The molecule has 0 amide bonds. The SMILES string of the molecule is CCNC(=NCC(O)c1ccc(F)cc1)NC1CCC(C(F)(F)F)CC1. The molecule has 1 saturated carbocycles. The smallest absolute Gasteiger partial charge is 0.386 e. The molecule has 1 unspecified atom stereocenters. The molecule has 0 aliphatic heterocycles. The van der Waals surface area contributed by atoms with Gasteiger partial charge in [0.15, 0.2) is 5.96 Å². The van der Waals surface area contributed by atoms with Gasteiger partial charge in [-0.05, 0) is 50.3 Å². The molecule has 0 spiro atoms. The van der Waals surface area contributed by atoms with Gasteiger partial charge in [-0.15, -0.1) is 0 Å². The highest BCUT2D eigenvalue weighted by Gasteiger charge is 2.41. The van der Waals surface area contributed by atoms with Gasteiger partial charge in [-0.3, -0.25) is 4.99 Å². The van der Waals surface area contributed by atoms with Crippen LogP contribution < -0.4 is 10.6 Å². The van der Waals surface area contributed by atoms with Crippen LogP contribution in [0.25, 0.3) is 0 Å². The summed E-state index contributed by atoms with van der Waals surface area (Å²) in [6.07, 6.45) is -3.93. The normalized spacial score (nSPS) is 22.8. The zero-order valence-corrected chi connectivity index (χ0v) is 14.7. The molecule has 1 aliphatic rings. The summed E-state index contributed by atoms with van der Waals surface area (Å²) >= 11 is 0. The monoisotopic (exact) mass is 375 g/mol. The second-order valence-corrected chi connectivity index (χ2v) is 6.52. The molecular weight excluding hydrogens is 350 g/mol.